The quantitative estimate of drug-likeness (QED) is 0.828. The largest absolute Gasteiger partial charge is 0.444 e. The molecule has 1 N–H and O–H groups in total. The number of carbonyl (C=O) groups excluding carboxylic acids is 2. The van der Waals surface area contributed by atoms with Gasteiger partial charge in [-0.05, 0) is 65.2 Å². The number of nitrogens with zero attached hydrogens (tertiary/aromatic N) is 3. The van der Waals surface area contributed by atoms with Gasteiger partial charge in [-0.3, -0.25) is 4.79 Å². The van der Waals surface area contributed by atoms with Crippen molar-refractivity contribution >= 4 is 12.0 Å². The smallest absolute Gasteiger partial charge is 0.410 e. The Morgan fingerprint density at radius 3 is 2.38 bits per heavy atom. The van der Waals surface area contributed by atoms with Gasteiger partial charge in [-0.2, -0.15) is 0 Å². The molecule has 1 saturated heterocycles. The summed E-state index contributed by atoms with van der Waals surface area (Å²) in [4.78, 5) is 36.2. The monoisotopic (exact) mass is 404 g/mol. The van der Waals surface area contributed by atoms with Gasteiger partial charge in [-0.25, -0.2) is 9.78 Å². The zero-order valence-electron chi connectivity index (χ0n) is 18.3. The zero-order chi connectivity index (χ0) is 21.0. The van der Waals surface area contributed by atoms with Gasteiger partial charge in [-0.1, -0.05) is 0 Å². The van der Waals surface area contributed by atoms with Gasteiger partial charge >= 0.3 is 6.09 Å². The lowest BCUT2D eigenvalue weighted by atomic mass is 9.80. The molecule has 1 aliphatic carbocycles. The zero-order valence-corrected chi connectivity index (χ0v) is 18.3. The van der Waals surface area contributed by atoms with Crippen molar-refractivity contribution in [2.45, 2.75) is 70.8 Å². The second-order valence-corrected chi connectivity index (χ2v) is 9.67. The maximum absolute atomic E-state index is 13.0. The number of nitrogens with one attached hydrogen (secondary N) is 1. The van der Waals surface area contributed by atoms with Gasteiger partial charge in [0, 0.05) is 44.7 Å². The van der Waals surface area contributed by atoms with Crippen molar-refractivity contribution in [3.8, 4) is 0 Å². The first-order valence-corrected chi connectivity index (χ1v) is 10.9. The Hall–Kier alpha value is -2.05. The fourth-order valence-corrected chi connectivity index (χ4v) is 4.54. The van der Waals surface area contributed by atoms with Gasteiger partial charge < -0.3 is 19.5 Å². The summed E-state index contributed by atoms with van der Waals surface area (Å²) in [7, 11) is 1.80. The summed E-state index contributed by atoms with van der Waals surface area (Å²) >= 11 is 0. The first-order chi connectivity index (χ1) is 13.7. The number of piperidine rings is 1. The molecule has 1 aromatic heterocycles. The van der Waals surface area contributed by atoms with Crippen LogP contribution in [0.15, 0.2) is 12.5 Å². The molecule has 2 heterocycles. The molecule has 0 unspecified atom stereocenters. The topological polar surface area (TPSA) is 78.5 Å². The summed E-state index contributed by atoms with van der Waals surface area (Å²) in [6, 6.07) is 0. The number of hydrogen-bond acceptors (Lipinski definition) is 4. The second-order valence-electron chi connectivity index (χ2n) is 9.67. The van der Waals surface area contributed by atoms with Crippen molar-refractivity contribution in [1.82, 2.24) is 19.8 Å². The molecule has 0 bridgehead atoms. The molecule has 2 aliphatic rings. The molecule has 162 valence electrons. The molecular weight excluding hydrogens is 368 g/mol. The highest BCUT2D eigenvalue weighted by Crippen LogP contribution is 2.33. The number of aromatic amines is 1. The average molecular weight is 405 g/mol. The van der Waals surface area contributed by atoms with Crippen LogP contribution in [-0.2, 0) is 9.53 Å². The van der Waals surface area contributed by atoms with Crippen molar-refractivity contribution in [2.75, 3.05) is 26.7 Å². The van der Waals surface area contributed by atoms with Gasteiger partial charge in [0.05, 0.1) is 12.0 Å². The van der Waals surface area contributed by atoms with Crippen LogP contribution in [0.4, 0.5) is 4.79 Å². The molecule has 3 rings (SSSR count). The standard InChI is InChI=1S/C22H36N4O3/c1-22(2,3)29-21(28)25(4)14-16-5-7-18(8-6-16)20(27)26-11-9-17(10-12-26)19-13-23-15-24-19/h13,15-18H,5-12,14H2,1-4H3,(H,23,24)/t16-,18-. The first-order valence-electron chi connectivity index (χ1n) is 10.9. The molecule has 7 nitrogen and oxygen atoms in total. The van der Waals surface area contributed by atoms with Gasteiger partial charge in [0.25, 0.3) is 0 Å². The van der Waals surface area contributed by atoms with E-state index in [-0.39, 0.29) is 12.0 Å². The number of carbonyl (C=O) groups is 2. The molecular formula is C22H36N4O3. The van der Waals surface area contributed by atoms with E-state index < -0.39 is 5.60 Å². The molecule has 0 aromatic carbocycles. The predicted molar refractivity (Wildman–Crippen MR) is 111 cm³/mol. The highest BCUT2D eigenvalue weighted by atomic mass is 16.6. The number of amides is 2. The van der Waals surface area contributed by atoms with E-state index in [9.17, 15) is 9.59 Å². The Morgan fingerprint density at radius 1 is 1.17 bits per heavy atom. The molecule has 29 heavy (non-hydrogen) atoms. The third kappa shape index (κ3) is 5.97. The fourth-order valence-electron chi connectivity index (χ4n) is 4.54. The Labute approximate surface area is 174 Å². The summed E-state index contributed by atoms with van der Waals surface area (Å²) in [6.07, 6.45) is 9.24. The van der Waals surface area contributed by atoms with E-state index >= 15 is 0 Å². The van der Waals surface area contributed by atoms with E-state index in [2.05, 4.69) is 14.9 Å². The lowest BCUT2D eigenvalue weighted by molar-refractivity contribution is -0.138. The van der Waals surface area contributed by atoms with Gasteiger partial charge in [0.1, 0.15) is 5.60 Å². The minimum Gasteiger partial charge on any atom is -0.444 e. The SMILES string of the molecule is CN(C[C@H]1CC[C@H](C(=O)N2CCC(c3c[nH]cn3)CC2)CC1)C(=O)OC(C)(C)C. The van der Waals surface area contributed by atoms with Crippen LogP contribution in [0.5, 0.6) is 0 Å². The second kappa shape index (κ2) is 9.18. The van der Waals surface area contributed by atoms with Crippen LogP contribution in [0, 0.1) is 11.8 Å². The number of H-pyrrole nitrogens is 1. The van der Waals surface area contributed by atoms with Crippen LogP contribution >= 0.6 is 0 Å². The number of likely N-dealkylation sites (tertiary alicyclic amines) is 1. The molecule has 0 spiro atoms. The first kappa shape index (κ1) is 21.7. The van der Waals surface area contributed by atoms with E-state index in [0.29, 0.717) is 24.3 Å². The minimum absolute atomic E-state index is 0.139. The van der Waals surface area contributed by atoms with E-state index in [1.165, 1.54) is 0 Å². The Balaban J connectivity index is 1.40. The van der Waals surface area contributed by atoms with Crippen LogP contribution < -0.4 is 0 Å². The van der Waals surface area contributed by atoms with E-state index in [4.69, 9.17) is 4.74 Å². The molecule has 0 atom stereocenters. The van der Waals surface area contributed by atoms with E-state index in [1.54, 1.807) is 18.3 Å². The van der Waals surface area contributed by atoms with Crippen molar-refractivity contribution in [3.63, 3.8) is 0 Å². The summed E-state index contributed by atoms with van der Waals surface area (Å²) in [6.45, 7) is 8.01. The number of ether oxygens (including phenoxy) is 1. The van der Waals surface area contributed by atoms with Crippen LogP contribution in [0.3, 0.4) is 0 Å². The third-order valence-corrected chi connectivity index (χ3v) is 6.18. The minimum atomic E-state index is -0.472. The molecule has 1 aliphatic heterocycles. The fraction of sp³-hybridized carbons (Fsp3) is 0.773. The lowest BCUT2D eigenvalue weighted by Crippen LogP contribution is -2.43. The lowest BCUT2D eigenvalue weighted by Gasteiger charge is -2.36. The van der Waals surface area contributed by atoms with Crippen LogP contribution in [0.2, 0.25) is 0 Å². The van der Waals surface area contributed by atoms with Crippen LogP contribution in [-0.4, -0.2) is 64.1 Å². The van der Waals surface area contributed by atoms with Crippen LogP contribution in [0.25, 0.3) is 0 Å². The number of imidazole rings is 1. The molecule has 0 radical (unpaired) electrons. The third-order valence-electron chi connectivity index (χ3n) is 6.18. The van der Waals surface area contributed by atoms with E-state index in [1.807, 2.05) is 27.0 Å². The van der Waals surface area contributed by atoms with Gasteiger partial charge in [-0.15, -0.1) is 0 Å². The molecule has 1 saturated carbocycles. The van der Waals surface area contributed by atoms with Crippen molar-refractivity contribution in [1.29, 1.82) is 0 Å². The average Bonchev–Trinajstić information content (AvgIpc) is 3.21. The van der Waals surface area contributed by atoms with Gasteiger partial charge in [0.2, 0.25) is 5.91 Å². The Bertz CT molecular complexity index is 667. The van der Waals surface area contributed by atoms with Crippen molar-refractivity contribution < 1.29 is 14.3 Å². The summed E-state index contributed by atoms with van der Waals surface area (Å²) < 4.78 is 5.43. The molecule has 1 aromatic rings. The number of rotatable bonds is 4. The molecule has 2 fully saturated rings. The maximum Gasteiger partial charge on any atom is 0.410 e. The van der Waals surface area contributed by atoms with Crippen LogP contribution in [0.1, 0.15) is 70.9 Å². The summed E-state index contributed by atoms with van der Waals surface area (Å²) in [5, 5.41) is 0. The Kier molecular flexibility index (Phi) is 6.85. The molecule has 2 amide bonds. The Morgan fingerprint density at radius 2 is 1.83 bits per heavy atom. The highest BCUT2D eigenvalue weighted by Gasteiger charge is 2.33. The normalized spacial score (nSPS) is 23.7. The predicted octanol–water partition coefficient (Wildman–Crippen LogP) is 3.79. The number of hydrogen-bond donors (Lipinski definition) is 1. The highest BCUT2D eigenvalue weighted by molar-refractivity contribution is 5.79. The maximum atomic E-state index is 13.0. The van der Waals surface area contributed by atoms with Crippen molar-refractivity contribution in [2.24, 2.45) is 11.8 Å². The number of aromatic nitrogens is 2. The van der Waals surface area contributed by atoms with E-state index in [0.717, 1.165) is 57.3 Å². The van der Waals surface area contributed by atoms with Crippen molar-refractivity contribution in [3.05, 3.63) is 18.2 Å². The summed E-state index contributed by atoms with van der Waals surface area (Å²) in [5.74, 6) is 1.37. The molecule has 7 heteroatoms. The van der Waals surface area contributed by atoms with Gasteiger partial charge in [0.15, 0.2) is 0 Å². The summed E-state index contributed by atoms with van der Waals surface area (Å²) in [5.41, 5.74) is 0.645.